The summed E-state index contributed by atoms with van der Waals surface area (Å²) in [4.78, 5) is 5.59. The number of thiocarbonyl (C=S) groups is 1. The Morgan fingerprint density at radius 3 is 2.67 bits per heavy atom. The Hall–Kier alpha value is -0.650. The lowest BCUT2D eigenvalue weighted by Gasteiger charge is -2.32. The summed E-state index contributed by atoms with van der Waals surface area (Å²) in [6, 6.07) is 6.93. The van der Waals surface area contributed by atoms with E-state index < -0.39 is 0 Å². The predicted molar refractivity (Wildman–Crippen MR) is 96.1 cm³/mol. The van der Waals surface area contributed by atoms with Crippen LogP contribution >= 0.6 is 28.1 Å². The molecule has 0 aliphatic carbocycles. The van der Waals surface area contributed by atoms with Crippen LogP contribution in [0.5, 0.6) is 0 Å². The van der Waals surface area contributed by atoms with E-state index in [-0.39, 0.29) is 0 Å². The summed E-state index contributed by atoms with van der Waals surface area (Å²) in [5.74, 6) is 0. The number of piperidine rings is 1. The third-order valence-electron chi connectivity index (χ3n) is 4.64. The zero-order chi connectivity index (χ0) is 14.8. The first kappa shape index (κ1) is 15.3. The fourth-order valence-electron chi connectivity index (χ4n) is 3.52. The van der Waals surface area contributed by atoms with Gasteiger partial charge in [0.25, 0.3) is 0 Å². The molecule has 2 aliphatic rings. The molecule has 1 atom stereocenters. The molecule has 2 heterocycles. The van der Waals surface area contributed by atoms with E-state index >= 15 is 0 Å². The molecule has 0 radical (unpaired) electrons. The average Bonchev–Trinajstić information content (AvgIpc) is 2.97. The number of nitrogens with two attached hydrogens (primary N) is 1. The Kier molecular flexibility index (Phi) is 4.82. The summed E-state index contributed by atoms with van der Waals surface area (Å²) < 4.78 is 1.03. The van der Waals surface area contributed by atoms with Gasteiger partial charge < -0.3 is 10.6 Å². The van der Waals surface area contributed by atoms with Crippen molar-refractivity contribution in [3.8, 4) is 0 Å². The molecular formula is C16H22BrN3S. The second-order valence-electron chi connectivity index (χ2n) is 6.01. The van der Waals surface area contributed by atoms with Crippen LogP contribution in [0.2, 0.25) is 0 Å². The van der Waals surface area contributed by atoms with Gasteiger partial charge in [0.1, 0.15) is 4.99 Å². The summed E-state index contributed by atoms with van der Waals surface area (Å²) in [6.45, 7) is 4.72. The van der Waals surface area contributed by atoms with Gasteiger partial charge in [-0.2, -0.15) is 0 Å². The van der Waals surface area contributed by atoms with Crippen molar-refractivity contribution in [3.63, 3.8) is 0 Å². The van der Waals surface area contributed by atoms with Crippen molar-refractivity contribution in [2.24, 2.45) is 5.73 Å². The van der Waals surface area contributed by atoms with E-state index in [0.29, 0.717) is 11.0 Å². The van der Waals surface area contributed by atoms with Gasteiger partial charge in [-0.25, -0.2) is 0 Å². The van der Waals surface area contributed by atoms with E-state index in [0.717, 1.165) is 23.1 Å². The van der Waals surface area contributed by atoms with E-state index in [1.54, 1.807) is 0 Å². The van der Waals surface area contributed by atoms with Crippen LogP contribution in [-0.2, 0) is 0 Å². The van der Waals surface area contributed by atoms with Crippen molar-refractivity contribution in [3.05, 3.63) is 28.2 Å². The molecule has 1 aromatic rings. The number of hydrogen-bond donors (Lipinski definition) is 1. The fraction of sp³-hybridized carbons (Fsp3) is 0.562. The number of halogens is 1. The maximum Gasteiger partial charge on any atom is 0.106 e. The van der Waals surface area contributed by atoms with Crippen molar-refractivity contribution in [2.45, 2.75) is 31.7 Å². The summed E-state index contributed by atoms with van der Waals surface area (Å²) in [5.41, 5.74) is 8.07. The van der Waals surface area contributed by atoms with Crippen molar-refractivity contribution < 1.29 is 0 Å². The monoisotopic (exact) mass is 367 g/mol. The molecule has 0 aromatic heterocycles. The molecule has 1 unspecified atom stereocenters. The highest BCUT2D eigenvalue weighted by Crippen LogP contribution is 2.29. The van der Waals surface area contributed by atoms with Crippen LogP contribution in [0, 0.1) is 0 Å². The minimum atomic E-state index is 0.479. The quantitative estimate of drug-likeness (QED) is 0.831. The van der Waals surface area contributed by atoms with Crippen LogP contribution in [-0.4, -0.2) is 42.1 Å². The molecule has 114 valence electrons. The zero-order valence-electron chi connectivity index (χ0n) is 12.2. The SMILES string of the molecule is NC(=S)c1cc(Br)ccc1N1CCC(N2CCCCC2)C1. The first-order chi connectivity index (χ1) is 10.1. The molecule has 2 N–H and O–H groups in total. The summed E-state index contributed by atoms with van der Waals surface area (Å²) in [7, 11) is 0. The Morgan fingerprint density at radius 1 is 1.19 bits per heavy atom. The Balaban J connectivity index is 1.75. The number of nitrogens with zero attached hydrogens (tertiary/aromatic N) is 2. The van der Waals surface area contributed by atoms with Gasteiger partial charge in [-0.3, -0.25) is 4.90 Å². The van der Waals surface area contributed by atoms with E-state index in [9.17, 15) is 0 Å². The third-order valence-corrected chi connectivity index (χ3v) is 5.35. The highest BCUT2D eigenvalue weighted by Gasteiger charge is 2.29. The molecule has 2 fully saturated rings. The smallest absolute Gasteiger partial charge is 0.106 e. The molecule has 2 aliphatic heterocycles. The minimum Gasteiger partial charge on any atom is -0.389 e. The average molecular weight is 368 g/mol. The number of hydrogen-bond acceptors (Lipinski definition) is 3. The van der Waals surface area contributed by atoms with Gasteiger partial charge in [0.05, 0.1) is 0 Å². The van der Waals surface area contributed by atoms with Crippen molar-refractivity contribution in [1.29, 1.82) is 0 Å². The highest BCUT2D eigenvalue weighted by atomic mass is 79.9. The first-order valence-corrected chi connectivity index (χ1v) is 8.93. The lowest BCUT2D eigenvalue weighted by molar-refractivity contribution is 0.175. The summed E-state index contributed by atoms with van der Waals surface area (Å²) >= 11 is 8.72. The van der Waals surface area contributed by atoms with Gasteiger partial charge in [0.15, 0.2) is 0 Å². The standard InChI is InChI=1S/C16H22BrN3S/c17-12-4-5-15(14(10-12)16(18)21)20-9-6-13(11-20)19-7-2-1-3-8-19/h4-5,10,13H,1-3,6-9,11H2,(H2,18,21). The normalized spacial score (nSPS) is 23.5. The van der Waals surface area contributed by atoms with Gasteiger partial charge in [-0.05, 0) is 50.6 Å². The van der Waals surface area contributed by atoms with Gasteiger partial charge in [-0.1, -0.05) is 34.6 Å². The molecular weight excluding hydrogens is 346 g/mol. The van der Waals surface area contributed by atoms with Crippen LogP contribution in [0.1, 0.15) is 31.2 Å². The van der Waals surface area contributed by atoms with Crippen LogP contribution in [0.15, 0.2) is 22.7 Å². The zero-order valence-corrected chi connectivity index (χ0v) is 14.6. The topological polar surface area (TPSA) is 32.5 Å². The highest BCUT2D eigenvalue weighted by molar-refractivity contribution is 9.10. The van der Waals surface area contributed by atoms with Crippen LogP contribution < -0.4 is 10.6 Å². The minimum absolute atomic E-state index is 0.479. The van der Waals surface area contributed by atoms with Crippen LogP contribution in [0.25, 0.3) is 0 Å². The molecule has 1 aromatic carbocycles. The molecule has 2 saturated heterocycles. The molecule has 0 bridgehead atoms. The van der Waals surface area contributed by atoms with E-state index in [1.165, 1.54) is 44.5 Å². The first-order valence-electron chi connectivity index (χ1n) is 7.73. The molecule has 0 spiro atoms. The number of benzene rings is 1. The molecule has 0 saturated carbocycles. The van der Waals surface area contributed by atoms with Crippen molar-refractivity contribution in [1.82, 2.24) is 4.90 Å². The van der Waals surface area contributed by atoms with Crippen LogP contribution in [0.3, 0.4) is 0 Å². The molecule has 3 rings (SSSR count). The molecule has 3 nitrogen and oxygen atoms in total. The van der Waals surface area contributed by atoms with Crippen molar-refractivity contribution >= 4 is 38.8 Å². The number of likely N-dealkylation sites (tertiary alicyclic amines) is 1. The van der Waals surface area contributed by atoms with E-state index in [1.807, 2.05) is 6.07 Å². The summed E-state index contributed by atoms with van der Waals surface area (Å²) in [5, 5.41) is 0. The summed E-state index contributed by atoms with van der Waals surface area (Å²) in [6.07, 6.45) is 5.35. The maximum absolute atomic E-state index is 5.90. The van der Waals surface area contributed by atoms with Gasteiger partial charge in [0.2, 0.25) is 0 Å². The maximum atomic E-state index is 5.90. The predicted octanol–water partition coefficient (Wildman–Crippen LogP) is 3.15. The van der Waals surface area contributed by atoms with Crippen LogP contribution in [0.4, 0.5) is 5.69 Å². The molecule has 0 amide bonds. The van der Waals surface area contributed by atoms with Gasteiger partial charge >= 0.3 is 0 Å². The fourth-order valence-corrected chi connectivity index (χ4v) is 4.05. The van der Waals surface area contributed by atoms with Crippen molar-refractivity contribution in [2.75, 3.05) is 31.1 Å². The van der Waals surface area contributed by atoms with E-state index in [4.69, 9.17) is 18.0 Å². The second kappa shape index (κ2) is 6.63. The third kappa shape index (κ3) is 3.41. The lowest BCUT2D eigenvalue weighted by atomic mass is 10.1. The lowest BCUT2D eigenvalue weighted by Crippen LogP contribution is -2.41. The Bertz CT molecular complexity index is 528. The molecule has 21 heavy (non-hydrogen) atoms. The Labute approximate surface area is 140 Å². The van der Waals surface area contributed by atoms with E-state index in [2.05, 4.69) is 37.9 Å². The molecule has 5 heteroatoms. The van der Waals surface area contributed by atoms with Gasteiger partial charge in [0, 0.05) is 34.9 Å². The number of rotatable bonds is 3. The van der Waals surface area contributed by atoms with Gasteiger partial charge in [-0.15, -0.1) is 0 Å². The number of anilines is 1. The largest absolute Gasteiger partial charge is 0.389 e. The Morgan fingerprint density at radius 2 is 1.95 bits per heavy atom. The second-order valence-corrected chi connectivity index (χ2v) is 7.37.